The van der Waals surface area contributed by atoms with E-state index >= 15 is 0 Å². The normalized spacial score (nSPS) is 10.8. The smallest absolute Gasteiger partial charge is 0.0766 e. The Bertz CT molecular complexity index is 508. The van der Waals surface area contributed by atoms with E-state index in [4.69, 9.17) is 4.74 Å². The topological polar surface area (TPSA) is 39.1 Å². The van der Waals surface area contributed by atoms with E-state index in [2.05, 4.69) is 41.6 Å². The highest BCUT2D eigenvalue weighted by Gasteiger charge is 2.01. The first kappa shape index (κ1) is 13.8. The lowest BCUT2D eigenvalue weighted by molar-refractivity contribution is 0.199. The molecule has 0 spiro atoms. The van der Waals surface area contributed by atoms with Crippen molar-refractivity contribution in [2.24, 2.45) is 0 Å². The lowest BCUT2D eigenvalue weighted by Gasteiger charge is -2.04. The minimum absolute atomic E-state index is 0.721. The minimum Gasteiger partial charge on any atom is -0.383 e. The standard InChI is InChI=1S/C15H21N3O/c1-3-13-5-4-6-15(11-13)18-9-7-14(17-18)12-16-8-10-19-2/h4-7,9,11,16H,3,8,10,12H2,1-2H3. The van der Waals surface area contributed by atoms with E-state index in [1.165, 1.54) is 5.56 Å². The molecule has 0 aliphatic rings. The summed E-state index contributed by atoms with van der Waals surface area (Å²) >= 11 is 0. The number of aromatic nitrogens is 2. The molecule has 0 radical (unpaired) electrons. The van der Waals surface area contributed by atoms with Crippen molar-refractivity contribution in [3.05, 3.63) is 47.8 Å². The zero-order chi connectivity index (χ0) is 13.5. The van der Waals surface area contributed by atoms with Crippen LogP contribution in [-0.4, -0.2) is 30.0 Å². The van der Waals surface area contributed by atoms with Gasteiger partial charge in [0.05, 0.1) is 18.0 Å². The summed E-state index contributed by atoms with van der Waals surface area (Å²) in [6, 6.07) is 10.5. The van der Waals surface area contributed by atoms with Gasteiger partial charge in [-0.3, -0.25) is 0 Å². The van der Waals surface area contributed by atoms with E-state index < -0.39 is 0 Å². The third-order valence-corrected chi connectivity index (χ3v) is 3.02. The van der Waals surface area contributed by atoms with Crippen LogP contribution in [0.5, 0.6) is 0 Å². The van der Waals surface area contributed by atoms with Crippen molar-refractivity contribution in [1.82, 2.24) is 15.1 Å². The van der Waals surface area contributed by atoms with Crippen molar-refractivity contribution < 1.29 is 4.74 Å². The number of hydrogen-bond donors (Lipinski definition) is 1. The molecule has 4 heteroatoms. The number of hydrogen-bond acceptors (Lipinski definition) is 3. The zero-order valence-corrected chi connectivity index (χ0v) is 11.6. The number of ether oxygens (including phenoxy) is 1. The Labute approximate surface area is 114 Å². The van der Waals surface area contributed by atoms with Gasteiger partial charge in [0.1, 0.15) is 0 Å². The highest BCUT2D eigenvalue weighted by molar-refractivity contribution is 5.35. The predicted octanol–water partition coefficient (Wildman–Crippen LogP) is 2.17. The molecule has 0 amide bonds. The highest BCUT2D eigenvalue weighted by atomic mass is 16.5. The fourth-order valence-electron chi connectivity index (χ4n) is 1.91. The quantitative estimate of drug-likeness (QED) is 0.775. The molecular weight excluding hydrogens is 238 g/mol. The van der Waals surface area contributed by atoms with Crippen molar-refractivity contribution in [1.29, 1.82) is 0 Å². The van der Waals surface area contributed by atoms with Crippen LogP contribution >= 0.6 is 0 Å². The van der Waals surface area contributed by atoms with Gasteiger partial charge in [0.25, 0.3) is 0 Å². The molecule has 0 aliphatic heterocycles. The lowest BCUT2D eigenvalue weighted by Crippen LogP contribution is -2.18. The summed E-state index contributed by atoms with van der Waals surface area (Å²) in [5, 5.41) is 7.86. The van der Waals surface area contributed by atoms with E-state index in [1.54, 1.807) is 7.11 Å². The average Bonchev–Trinajstić information content (AvgIpc) is 2.92. The van der Waals surface area contributed by atoms with E-state index in [-0.39, 0.29) is 0 Å². The summed E-state index contributed by atoms with van der Waals surface area (Å²) in [5.74, 6) is 0. The van der Waals surface area contributed by atoms with Crippen LogP contribution in [0.2, 0.25) is 0 Å². The molecule has 2 aromatic rings. The first-order chi connectivity index (χ1) is 9.33. The van der Waals surface area contributed by atoms with Gasteiger partial charge in [0.15, 0.2) is 0 Å². The summed E-state index contributed by atoms with van der Waals surface area (Å²) in [6.45, 7) is 4.49. The predicted molar refractivity (Wildman–Crippen MR) is 76.5 cm³/mol. The summed E-state index contributed by atoms with van der Waals surface area (Å²) in [6.07, 6.45) is 3.04. The molecule has 0 unspecified atom stereocenters. The molecule has 19 heavy (non-hydrogen) atoms. The molecule has 0 saturated heterocycles. The molecule has 1 aromatic heterocycles. The van der Waals surface area contributed by atoms with Crippen LogP contribution in [-0.2, 0) is 17.7 Å². The molecule has 1 aromatic carbocycles. The minimum atomic E-state index is 0.721. The van der Waals surface area contributed by atoms with Crippen LogP contribution in [0.3, 0.4) is 0 Å². The van der Waals surface area contributed by atoms with E-state index in [9.17, 15) is 0 Å². The third-order valence-electron chi connectivity index (χ3n) is 3.02. The van der Waals surface area contributed by atoms with Crippen LogP contribution in [0.15, 0.2) is 36.5 Å². The van der Waals surface area contributed by atoms with Gasteiger partial charge in [-0.15, -0.1) is 0 Å². The van der Waals surface area contributed by atoms with Crippen molar-refractivity contribution >= 4 is 0 Å². The maximum Gasteiger partial charge on any atom is 0.0766 e. The maximum absolute atomic E-state index is 4.99. The Morgan fingerprint density at radius 3 is 3.00 bits per heavy atom. The molecule has 2 rings (SSSR count). The first-order valence-electron chi connectivity index (χ1n) is 6.67. The average molecular weight is 259 g/mol. The lowest BCUT2D eigenvalue weighted by atomic mass is 10.1. The number of benzene rings is 1. The van der Waals surface area contributed by atoms with E-state index in [1.807, 2.05) is 16.9 Å². The van der Waals surface area contributed by atoms with E-state index in [0.29, 0.717) is 0 Å². The Morgan fingerprint density at radius 1 is 1.32 bits per heavy atom. The number of rotatable bonds is 7. The summed E-state index contributed by atoms with van der Waals surface area (Å²) in [7, 11) is 1.71. The van der Waals surface area contributed by atoms with Gasteiger partial charge in [-0.25, -0.2) is 4.68 Å². The molecule has 0 fully saturated rings. The van der Waals surface area contributed by atoms with Crippen molar-refractivity contribution in [3.8, 4) is 5.69 Å². The SMILES string of the molecule is CCc1cccc(-n2ccc(CNCCOC)n2)c1. The number of methoxy groups -OCH3 is 1. The second kappa shape index (κ2) is 7.07. The fraction of sp³-hybridized carbons (Fsp3) is 0.400. The molecule has 0 bridgehead atoms. The van der Waals surface area contributed by atoms with Gasteiger partial charge in [-0.05, 0) is 30.2 Å². The zero-order valence-electron chi connectivity index (χ0n) is 11.6. The summed E-state index contributed by atoms with van der Waals surface area (Å²) < 4.78 is 6.91. The number of nitrogens with zero attached hydrogens (tertiary/aromatic N) is 2. The molecular formula is C15H21N3O. The second-order valence-corrected chi connectivity index (χ2v) is 4.44. The van der Waals surface area contributed by atoms with Gasteiger partial charge < -0.3 is 10.1 Å². The van der Waals surface area contributed by atoms with Crippen LogP contribution in [0.1, 0.15) is 18.2 Å². The number of nitrogens with one attached hydrogen (secondary N) is 1. The molecule has 0 atom stereocenters. The monoisotopic (exact) mass is 259 g/mol. The highest BCUT2D eigenvalue weighted by Crippen LogP contribution is 2.11. The van der Waals surface area contributed by atoms with Gasteiger partial charge in [-0.2, -0.15) is 5.10 Å². The molecule has 1 N–H and O–H groups in total. The van der Waals surface area contributed by atoms with Crippen LogP contribution in [0.4, 0.5) is 0 Å². The second-order valence-electron chi connectivity index (χ2n) is 4.44. The molecule has 0 aliphatic carbocycles. The maximum atomic E-state index is 4.99. The Morgan fingerprint density at radius 2 is 2.21 bits per heavy atom. The Kier molecular flexibility index (Phi) is 5.12. The molecule has 1 heterocycles. The van der Waals surface area contributed by atoms with Crippen molar-refractivity contribution in [2.75, 3.05) is 20.3 Å². The van der Waals surface area contributed by atoms with Crippen molar-refractivity contribution in [2.45, 2.75) is 19.9 Å². The van der Waals surface area contributed by atoms with Gasteiger partial charge in [-0.1, -0.05) is 19.1 Å². The summed E-state index contributed by atoms with van der Waals surface area (Å²) in [4.78, 5) is 0. The van der Waals surface area contributed by atoms with Crippen molar-refractivity contribution in [3.63, 3.8) is 0 Å². The van der Waals surface area contributed by atoms with Crippen LogP contribution in [0.25, 0.3) is 5.69 Å². The summed E-state index contributed by atoms with van der Waals surface area (Å²) in [5.41, 5.74) is 3.48. The molecule has 0 saturated carbocycles. The van der Waals surface area contributed by atoms with Gasteiger partial charge >= 0.3 is 0 Å². The molecule has 102 valence electrons. The first-order valence-corrected chi connectivity index (χ1v) is 6.67. The Balaban J connectivity index is 1.99. The van der Waals surface area contributed by atoms with Crippen LogP contribution in [0, 0.1) is 0 Å². The van der Waals surface area contributed by atoms with E-state index in [0.717, 1.165) is 37.5 Å². The van der Waals surface area contributed by atoms with Gasteiger partial charge in [0.2, 0.25) is 0 Å². The third kappa shape index (κ3) is 3.91. The fourth-order valence-corrected chi connectivity index (χ4v) is 1.91. The van der Waals surface area contributed by atoms with Crippen LogP contribution < -0.4 is 5.32 Å². The van der Waals surface area contributed by atoms with Gasteiger partial charge in [0, 0.05) is 26.4 Å². The molecule has 4 nitrogen and oxygen atoms in total. The Hall–Kier alpha value is -1.65. The largest absolute Gasteiger partial charge is 0.383 e. The number of aryl methyl sites for hydroxylation is 1.